The van der Waals surface area contributed by atoms with Gasteiger partial charge in [-0.3, -0.25) is 9.69 Å². The van der Waals surface area contributed by atoms with Gasteiger partial charge in [-0.1, -0.05) is 18.2 Å². The van der Waals surface area contributed by atoms with Crippen LogP contribution < -0.4 is 14.2 Å². The van der Waals surface area contributed by atoms with Crippen molar-refractivity contribution in [2.45, 2.75) is 12.6 Å². The summed E-state index contributed by atoms with van der Waals surface area (Å²) in [6.45, 7) is 3.70. The summed E-state index contributed by atoms with van der Waals surface area (Å²) in [5.74, 6) is 0.982. The van der Waals surface area contributed by atoms with Crippen LogP contribution in [0.15, 0.2) is 42.5 Å². The van der Waals surface area contributed by atoms with Gasteiger partial charge in [0.25, 0.3) is 5.91 Å². The van der Waals surface area contributed by atoms with Crippen molar-refractivity contribution < 1.29 is 32.9 Å². The minimum Gasteiger partial charge on any atom is -0.493 e. The lowest BCUT2D eigenvalue weighted by Gasteiger charge is -2.33. The molecular formula is C25H33FN2O6. The number of nitrogens with zero attached hydrogens (tertiary/aromatic N) is 2. The Morgan fingerprint density at radius 2 is 1.88 bits per heavy atom. The van der Waals surface area contributed by atoms with Gasteiger partial charge in [-0.2, -0.15) is 0 Å². The van der Waals surface area contributed by atoms with Crippen molar-refractivity contribution in [2.24, 2.45) is 0 Å². The molecule has 8 nitrogen and oxygen atoms in total. The van der Waals surface area contributed by atoms with Crippen LogP contribution in [0.1, 0.15) is 5.56 Å². The van der Waals surface area contributed by atoms with Crippen LogP contribution in [0.2, 0.25) is 0 Å². The Kier molecular flexibility index (Phi) is 9.93. The number of morpholine rings is 1. The quantitative estimate of drug-likeness (QED) is 0.466. The van der Waals surface area contributed by atoms with Crippen molar-refractivity contribution in [3.8, 4) is 17.2 Å². The third kappa shape index (κ3) is 7.06. The first-order chi connectivity index (χ1) is 16.5. The highest BCUT2D eigenvalue weighted by molar-refractivity contribution is 5.81. The minimum atomic E-state index is -0.839. The molecule has 0 bridgehead atoms. The first kappa shape index (κ1) is 25.7. The monoisotopic (exact) mass is 476 g/mol. The molecule has 1 amide bonds. The molecule has 0 aromatic heterocycles. The molecule has 0 saturated carbocycles. The van der Waals surface area contributed by atoms with Crippen LogP contribution in [0.5, 0.6) is 17.2 Å². The van der Waals surface area contributed by atoms with Crippen LogP contribution in [0.3, 0.4) is 0 Å². The van der Waals surface area contributed by atoms with E-state index in [1.165, 1.54) is 12.1 Å². The molecule has 186 valence electrons. The second kappa shape index (κ2) is 13.1. The highest BCUT2D eigenvalue weighted by Gasteiger charge is 2.30. The van der Waals surface area contributed by atoms with Crippen LogP contribution in [0.4, 0.5) is 4.39 Å². The van der Waals surface area contributed by atoms with Crippen LogP contribution in [-0.4, -0.2) is 89.1 Å². The van der Waals surface area contributed by atoms with Crippen molar-refractivity contribution >= 4 is 5.91 Å². The minimum absolute atomic E-state index is 0.160. The number of methoxy groups -OCH3 is 3. The van der Waals surface area contributed by atoms with Crippen LogP contribution in [0.25, 0.3) is 0 Å². The molecule has 3 rings (SSSR count). The molecule has 0 radical (unpaired) electrons. The van der Waals surface area contributed by atoms with Crippen molar-refractivity contribution in [1.29, 1.82) is 0 Å². The Labute approximate surface area is 200 Å². The molecule has 9 heteroatoms. The lowest BCUT2D eigenvalue weighted by Crippen LogP contribution is -2.51. The Morgan fingerprint density at radius 1 is 1.12 bits per heavy atom. The van der Waals surface area contributed by atoms with Gasteiger partial charge in [-0.25, -0.2) is 4.39 Å². The van der Waals surface area contributed by atoms with E-state index in [-0.39, 0.29) is 12.5 Å². The highest BCUT2D eigenvalue weighted by Crippen LogP contribution is 2.31. The molecule has 1 saturated heterocycles. The summed E-state index contributed by atoms with van der Waals surface area (Å²) in [5.41, 5.74) is 0.904. The molecule has 1 unspecified atom stereocenters. The van der Waals surface area contributed by atoms with E-state index < -0.39 is 11.9 Å². The van der Waals surface area contributed by atoms with Crippen molar-refractivity contribution in [1.82, 2.24) is 9.80 Å². The summed E-state index contributed by atoms with van der Waals surface area (Å²) in [7, 11) is 4.82. The van der Waals surface area contributed by atoms with Crippen LogP contribution in [0, 0.1) is 5.82 Å². The van der Waals surface area contributed by atoms with Gasteiger partial charge in [0, 0.05) is 51.5 Å². The van der Waals surface area contributed by atoms with Gasteiger partial charge < -0.3 is 28.6 Å². The van der Waals surface area contributed by atoms with Gasteiger partial charge in [0.1, 0.15) is 11.6 Å². The Balaban J connectivity index is 1.85. The number of carbonyl (C=O) groups is 1. The van der Waals surface area contributed by atoms with E-state index in [0.29, 0.717) is 63.2 Å². The van der Waals surface area contributed by atoms with E-state index in [2.05, 4.69) is 4.90 Å². The number of rotatable bonds is 12. The van der Waals surface area contributed by atoms with Crippen molar-refractivity contribution in [3.63, 3.8) is 0 Å². The van der Waals surface area contributed by atoms with E-state index in [9.17, 15) is 9.18 Å². The molecule has 1 aliphatic rings. The molecule has 1 atom stereocenters. The number of carbonyl (C=O) groups excluding carboxylic acids is 1. The number of benzene rings is 2. The average molecular weight is 477 g/mol. The molecule has 1 heterocycles. The van der Waals surface area contributed by atoms with Gasteiger partial charge in [0.2, 0.25) is 0 Å². The van der Waals surface area contributed by atoms with E-state index in [0.717, 1.165) is 5.56 Å². The highest BCUT2D eigenvalue weighted by atomic mass is 19.1. The normalized spacial score (nSPS) is 14.7. The average Bonchev–Trinajstić information content (AvgIpc) is 2.86. The fraction of sp³-hybridized carbons (Fsp3) is 0.480. The summed E-state index contributed by atoms with van der Waals surface area (Å²) in [6, 6.07) is 11.5. The third-order valence-electron chi connectivity index (χ3n) is 5.59. The predicted molar refractivity (Wildman–Crippen MR) is 125 cm³/mol. The van der Waals surface area contributed by atoms with E-state index >= 15 is 0 Å². The lowest BCUT2D eigenvalue weighted by atomic mass is 10.1. The number of ether oxygens (including phenoxy) is 5. The lowest BCUT2D eigenvalue weighted by molar-refractivity contribution is -0.143. The van der Waals surface area contributed by atoms with E-state index in [1.54, 1.807) is 38.4 Å². The molecular weight excluding hydrogens is 443 g/mol. The smallest absolute Gasteiger partial charge is 0.265 e. The van der Waals surface area contributed by atoms with Crippen LogP contribution >= 0.6 is 0 Å². The predicted octanol–water partition coefficient (Wildman–Crippen LogP) is 2.60. The van der Waals surface area contributed by atoms with Gasteiger partial charge in [0.05, 0.1) is 34.0 Å². The summed E-state index contributed by atoms with van der Waals surface area (Å²) in [4.78, 5) is 17.2. The number of amides is 1. The zero-order chi connectivity index (χ0) is 24.3. The van der Waals surface area contributed by atoms with Gasteiger partial charge >= 0.3 is 0 Å². The van der Waals surface area contributed by atoms with Gasteiger partial charge in [0.15, 0.2) is 17.6 Å². The fourth-order valence-corrected chi connectivity index (χ4v) is 3.87. The van der Waals surface area contributed by atoms with Crippen LogP contribution in [-0.2, 0) is 20.8 Å². The largest absolute Gasteiger partial charge is 0.493 e. The van der Waals surface area contributed by atoms with Crippen molar-refractivity contribution in [3.05, 3.63) is 53.8 Å². The Bertz CT molecular complexity index is 922. The molecule has 0 aliphatic carbocycles. The second-order valence-electron chi connectivity index (χ2n) is 7.88. The third-order valence-corrected chi connectivity index (χ3v) is 5.59. The zero-order valence-corrected chi connectivity index (χ0v) is 20.0. The maximum absolute atomic E-state index is 13.8. The standard InChI is InChI=1S/C25H33FN2O6/c1-30-13-10-27(17-19-6-4-9-22(31-2)24(19)32-3)18-23(25(29)28-11-14-33-15-12-28)34-21-8-5-7-20(26)16-21/h4-9,16,23H,10-15,17-18H2,1-3H3. The molecule has 2 aromatic rings. The maximum atomic E-state index is 13.8. The van der Waals surface area contributed by atoms with Gasteiger partial charge in [-0.15, -0.1) is 0 Å². The summed E-state index contributed by atoms with van der Waals surface area (Å²) in [6.07, 6.45) is -0.839. The number of hydrogen-bond acceptors (Lipinski definition) is 7. The van der Waals surface area contributed by atoms with E-state index in [1.807, 2.05) is 18.2 Å². The topological polar surface area (TPSA) is 69.7 Å². The first-order valence-electron chi connectivity index (χ1n) is 11.3. The number of halogens is 1. The maximum Gasteiger partial charge on any atom is 0.265 e. The fourth-order valence-electron chi connectivity index (χ4n) is 3.87. The molecule has 0 spiro atoms. The SMILES string of the molecule is COCCN(Cc1cccc(OC)c1OC)CC(Oc1cccc(F)c1)C(=O)N1CCOCC1. The van der Waals surface area contributed by atoms with Gasteiger partial charge in [-0.05, 0) is 18.2 Å². The Morgan fingerprint density at radius 3 is 2.56 bits per heavy atom. The summed E-state index contributed by atoms with van der Waals surface area (Å²) in [5, 5.41) is 0. The molecule has 34 heavy (non-hydrogen) atoms. The first-order valence-corrected chi connectivity index (χ1v) is 11.3. The Hall–Kier alpha value is -2.88. The number of hydrogen-bond donors (Lipinski definition) is 0. The molecule has 1 aliphatic heterocycles. The van der Waals surface area contributed by atoms with E-state index in [4.69, 9.17) is 23.7 Å². The molecule has 0 N–H and O–H groups in total. The molecule has 2 aromatic carbocycles. The molecule has 1 fully saturated rings. The summed E-state index contributed by atoms with van der Waals surface area (Å²) < 4.78 is 41.6. The zero-order valence-electron chi connectivity index (χ0n) is 20.0. The number of para-hydroxylation sites is 1. The summed E-state index contributed by atoms with van der Waals surface area (Å²) >= 11 is 0. The van der Waals surface area contributed by atoms with Crippen molar-refractivity contribution in [2.75, 3.05) is 67.3 Å². The second-order valence-corrected chi connectivity index (χ2v) is 7.88.